The van der Waals surface area contributed by atoms with Crippen LogP contribution in [0.15, 0.2) is 41.5 Å². The van der Waals surface area contributed by atoms with E-state index in [-0.39, 0.29) is 5.56 Å². The van der Waals surface area contributed by atoms with Gasteiger partial charge in [0.1, 0.15) is 0 Å². The van der Waals surface area contributed by atoms with Crippen LogP contribution < -0.4 is 5.56 Å². The molecule has 0 bridgehead atoms. The first kappa shape index (κ1) is 16.4. The van der Waals surface area contributed by atoms with Crippen LogP contribution in [-0.4, -0.2) is 52.5 Å². The third kappa shape index (κ3) is 3.96. The highest BCUT2D eigenvalue weighted by Gasteiger charge is 2.29. The Labute approximate surface area is 147 Å². The minimum absolute atomic E-state index is 0.0306. The number of rotatable bonds is 5. The first-order chi connectivity index (χ1) is 12.3. The summed E-state index contributed by atoms with van der Waals surface area (Å²) in [7, 11) is 0. The Kier molecular flexibility index (Phi) is 4.90. The molecule has 0 amide bonds. The van der Waals surface area contributed by atoms with Gasteiger partial charge in [-0.25, -0.2) is 4.68 Å². The van der Waals surface area contributed by atoms with E-state index in [0.29, 0.717) is 18.4 Å². The van der Waals surface area contributed by atoms with E-state index < -0.39 is 0 Å². The van der Waals surface area contributed by atoms with Gasteiger partial charge in [0.15, 0.2) is 0 Å². The number of hydrogen-bond acceptors (Lipinski definition) is 5. The number of hydrogen-bond donors (Lipinski definition) is 0. The third-order valence-electron chi connectivity index (χ3n) is 5.08. The molecule has 0 saturated carbocycles. The standard InChI is InChI=1S/C19H24N4O2/c24-19-4-3-18(17-5-7-20-8-6-17)21-23(19)13-16-11-22(12-16)10-15-2-1-9-25-14-15/h3-8,15-16H,1-2,9-14H2. The maximum Gasteiger partial charge on any atom is 0.266 e. The summed E-state index contributed by atoms with van der Waals surface area (Å²) in [5.41, 5.74) is 1.77. The Morgan fingerprint density at radius 2 is 1.92 bits per heavy atom. The van der Waals surface area contributed by atoms with Crippen LogP contribution in [0.1, 0.15) is 12.8 Å². The van der Waals surface area contributed by atoms with Crippen LogP contribution in [-0.2, 0) is 11.3 Å². The molecule has 25 heavy (non-hydrogen) atoms. The van der Waals surface area contributed by atoms with Gasteiger partial charge in [-0.2, -0.15) is 5.10 Å². The number of likely N-dealkylation sites (tertiary alicyclic amines) is 1. The van der Waals surface area contributed by atoms with Crippen molar-refractivity contribution in [2.45, 2.75) is 19.4 Å². The lowest BCUT2D eigenvalue weighted by molar-refractivity contribution is 0.00795. The van der Waals surface area contributed by atoms with Crippen LogP contribution in [0.3, 0.4) is 0 Å². The van der Waals surface area contributed by atoms with Crippen molar-refractivity contribution in [2.24, 2.45) is 11.8 Å². The van der Waals surface area contributed by atoms with Crippen LogP contribution in [0, 0.1) is 11.8 Å². The Hall–Kier alpha value is -2.05. The first-order valence-electron chi connectivity index (χ1n) is 9.06. The van der Waals surface area contributed by atoms with Gasteiger partial charge >= 0.3 is 0 Å². The van der Waals surface area contributed by atoms with E-state index in [2.05, 4.69) is 15.0 Å². The molecule has 6 nitrogen and oxygen atoms in total. The van der Waals surface area contributed by atoms with Crippen molar-refractivity contribution in [3.63, 3.8) is 0 Å². The fourth-order valence-corrected chi connectivity index (χ4v) is 3.76. The molecule has 2 aliphatic heterocycles. The minimum atomic E-state index is -0.0306. The molecule has 4 rings (SSSR count). The Balaban J connectivity index is 1.35. The second kappa shape index (κ2) is 7.45. The van der Waals surface area contributed by atoms with Gasteiger partial charge in [0.25, 0.3) is 5.56 Å². The summed E-state index contributed by atoms with van der Waals surface area (Å²) in [5.74, 6) is 1.17. The van der Waals surface area contributed by atoms with Gasteiger partial charge in [-0.1, -0.05) is 0 Å². The predicted octanol–water partition coefficient (Wildman–Crippen LogP) is 1.66. The second-order valence-electron chi connectivity index (χ2n) is 7.14. The number of nitrogens with zero attached hydrogens (tertiary/aromatic N) is 4. The highest BCUT2D eigenvalue weighted by Crippen LogP contribution is 2.22. The molecule has 2 saturated heterocycles. The predicted molar refractivity (Wildman–Crippen MR) is 95.2 cm³/mol. The molecule has 0 N–H and O–H groups in total. The van der Waals surface area contributed by atoms with Gasteiger partial charge in [-0.3, -0.25) is 9.78 Å². The van der Waals surface area contributed by atoms with Crippen molar-refractivity contribution in [1.29, 1.82) is 0 Å². The normalized spacial score (nSPS) is 21.8. The summed E-state index contributed by atoms with van der Waals surface area (Å²) in [4.78, 5) is 18.6. The monoisotopic (exact) mass is 340 g/mol. The van der Waals surface area contributed by atoms with Gasteiger partial charge in [-0.05, 0) is 37.0 Å². The average Bonchev–Trinajstić information content (AvgIpc) is 2.63. The third-order valence-corrected chi connectivity index (χ3v) is 5.08. The lowest BCUT2D eigenvalue weighted by Crippen LogP contribution is -2.51. The molecule has 132 valence electrons. The molecule has 2 fully saturated rings. The van der Waals surface area contributed by atoms with Crippen molar-refractivity contribution in [3.05, 3.63) is 47.0 Å². The summed E-state index contributed by atoms with van der Waals surface area (Å²) in [6.07, 6.45) is 5.94. The molecule has 0 spiro atoms. The highest BCUT2D eigenvalue weighted by atomic mass is 16.5. The lowest BCUT2D eigenvalue weighted by Gasteiger charge is -2.41. The highest BCUT2D eigenvalue weighted by molar-refractivity contribution is 5.56. The minimum Gasteiger partial charge on any atom is -0.381 e. The van der Waals surface area contributed by atoms with E-state index in [1.807, 2.05) is 12.1 Å². The van der Waals surface area contributed by atoms with Crippen molar-refractivity contribution in [3.8, 4) is 11.3 Å². The van der Waals surface area contributed by atoms with Crippen molar-refractivity contribution in [2.75, 3.05) is 32.8 Å². The fraction of sp³-hybridized carbons (Fsp3) is 0.526. The molecule has 2 aromatic rings. The van der Waals surface area contributed by atoms with Gasteiger partial charge in [-0.15, -0.1) is 0 Å². The fourth-order valence-electron chi connectivity index (χ4n) is 3.76. The number of pyridine rings is 1. The number of ether oxygens (including phenoxy) is 1. The lowest BCUT2D eigenvalue weighted by atomic mass is 9.95. The molecule has 6 heteroatoms. The maximum atomic E-state index is 12.1. The van der Waals surface area contributed by atoms with Crippen LogP contribution in [0.2, 0.25) is 0 Å². The van der Waals surface area contributed by atoms with E-state index >= 15 is 0 Å². The first-order valence-corrected chi connectivity index (χ1v) is 9.06. The molecule has 0 aromatic carbocycles. The van der Waals surface area contributed by atoms with E-state index in [4.69, 9.17) is 4.74 Å². The molecule has 0 radical (unpaired) electrons. The molecule has 2 aromatic heterocycles. The topological polar surface area (TPSA) is 60.2 Å². The van der Waals surface area contributed by atoms with Gasteiger partial charge in [0.2, 0.25) is 0 Å². The Morgan fingerprint density at radius 3 is 2.68 bits per heavy atom. The smallest absolute Gasteiger partial charge is 0.266 e. The van der Waals surface area contributed by atoms with Crippen LogP contribution >= 0.6 is 0 Å². The van der Waals surface area contributed by atoms with E-state index in [9.17, 15) is 4.79 Å². The summed E-state index contributed by atoms with van der Waals surface area (Å²) < 4.78 is 7.17. The maximum absolute atomic E-state index is 12.1. The SMILES string of the molecule is O=c1ccc(-c2ccncc2)nn1CC1CN(CC2CCCOC2)C1. The van der Waals surface area contributed by atoms with Crippen molar-refractivity contribution < 1.29 is 4.74 Å². The van der Waals surface area contributed by atoms with Crippen LogP contribution in [0.4, 0.5) is 0 Å². The molecule has 4 heterocycles. The molecule has 0 aliphatic carbocycles. The summed E-state index contributed by atoms with van der Waals surface area (Å²) in [6.45, 7) is 5.72. The van der Waals surface area contributed by atoms with E-state index in [1.165, 1.54) is 12.8 Å². The molecular formula is C19H24N4O2. The summed E-state index contributed by atoms with van der Waals surface area (Å²) >= 11 is 0. The zero-order chi connectivity index (χ0) is 17.1. The largest absolute Gasteiger partial charge is 0.381 e. The Morgan fingerprint density at radius 1 is 1.08 bits per heavy atom. The van der Waals surface area contributed by atoms with Gasteiger partial charge in [0.05, 0.1) is 18.8 Å². The van der Waals surface area contributed by atoms with Crippen molar-refractivity contribution >= 4 is 0 Å². The average molecular weight is 340 g/mol. The van der Waals surface area contributed by atoms with Crippen LogP contribution in [0.25, 0.3) is 11.3 Å². The van der Waals surface area contributed by atoms with E-state index in [0.717, 1.165) is 44.1 Å². The van der Waals surface area contributed by atoms with E-state index in [1.54, 1.807) is 29.2 Å². The number of aromatic nitrogens is 3. The Bertz CT molecular complexity index is 750. The van der Waals surface area contributed by atoms with Crippen LogP contribution in [0.5, 0.6) is 0 Å². The second-order valence-corrected chi connectivity index (χ2v) is 7.14. The quantitative estimate of drug-likeness (QED) is 0.828. The molecular weight excluding hydrogens is 316 g/mol. The zero-order valence-corrected chi connectivity index (χ0v) is 14.4. The molecule has 1 unspecified atom stereocenters. The molecule has 2 aliphatic rings. The zero-order valence-electron chi connectivity index (χ0n) is 14.4. The summed E-state index contributed by atoms with van der Waals surface area (Å²) in [6, 6.07) is 7.21. The van der Waals surface area contributed by atoms with Crippen molar-refractivity contribution in [1.82, 2.24) is 19.7 Å². The summed E-state index contributed by atoms with van der Waals surface area (Å²) in [5, 5.41) is 4.54. The van der Waals surface area contributed by atoms with Gasteiger partial charge < -0.3 is 9.64 Å². The molecule has 1 atom stereocenters. The van der Waals surface area contributed by atoms with Gasteiger partial charge in [0, 0.05) is 56.2 Å².